The second-order valence-electron chi connectivity index (χ2n) is 16.9. The Hall–Kier alpha value is -0.450. The number of ether oxygens (including phenoxy) is 1. The van der Waals surface area contributed by atoms with Gasteiger partial charge in [-0.25, -0.2) is 0 Å². The molecule has 292 valence electrons. The van der Waals surface area contributed by atoms with Gasteiger partial charge in [-0.3, -0.25) is 4.79 Å². The first kappa shape index (κ1) is 46.6. The number of carbonyl (C=O) groups excluding carboxylic acids is 1. The molecule has 4 heteroatoms. The Morgan fingerprint density at radius 2 is 0.878 bits per heavy atom. The predicted molar refractivity (Wildman–Crippen MR) is 217 cm³/mol. The highest BCUT2D eigenvalue weighted by atomic mass is 16.5. The van der Waals surface area contributed by atoms with E-state index in [2.05, 4.69) is 26.3 Å². The molecular formula is C45H91N2O2+. The summed E-state index contributed by atoms with van der Waals surface area (Å²) in [6.45, 7) is 6.68. The molecule has 0 radical (unpaired) electrons. The lowest BCUT2D eigenvalue weighted by Crippen LogP contribution is -2.50. The summed E-state index contributed by atoms with van der Waals surface area (Å²) in [5, 5.41) is 3.54. The van der Waals surface area contributed by atoms with E-state index < -0.39 is 0 Å². The fourth-order valence-electron chi connectivity index (χ4n) is 7.84. The second kappa shape index (κ2) is 35.9. The van der Waals surface area contributed by atoms with E-state index in [4.69, 9.17) is 4.74 Å². The van der Waals surface area contributed by atoms with Crippen LogP contribution in [0.25, 0.3) is 0 Å². The Labute approximate surface area is 309 Å². The van der Waals surface area contributed by atoms with Crippen molar-refractivity contribution in [2.24, 2.45) is 0 Å². The van der Waals surface area contributed by atoms with E-state index in [9.17, 15) is 4.79 Å². The van der Waals surface area contributed by atoms with Gasteiger partial charge in [-0.2, -0.15) is 0 Å². The first-order chi connectivity index (χ1) is 24.0. The molecule has 0 amide bonds. The Morgan fingerprint density at radius 3 is 1.33 bits per heavy atom. The predicted octanol–water partition coefficient (Wildman–Crippen LogP) is 13.3. The third kappa shape index (κ3) is 33.2. The van der Waals surface area contributed by atoms with Gasteiger partial charge in [-0.1, -0.05) is 206 Å². The maximum absolute atomic E-state index is 13.0. The van der Waals surface area contributed by atoms with Crippen LogP contribution in [0.15, 0.2) is 0 Å². The lowest BCUT2D eigenvalue weighted by atomic mass is 10.0. The molecule has 1 unspecified atom stereocenters. The molecule has 49 heavy (non-hydrogen) atoms. The number of hydrogen-bond acceptors (Lipinski definition) is 3. The number of nitrogens with zero attached hydrogens (tertiary/aromatic N) is 1. The first-order valence-electron chi connectivity index (χ1n) is 22.7. The van der Waals surface area contributed by atoms with Crippen molar-refractivity contribution in [2.45, 2.75) is 238 Å². The second-order valence-corrected chi connectivity index (χ2v) is 16.9. The quantitative estimate of drug-likeness (QED) is 0.0525. The molecule has 1 N–H and O–H groups in total. The van der Waals surface area contributed by atoms with E-state index in [-0.39, 0.29) is 6.04 Å². The van der Waals surface area contributed by atoms with Crippen LogP contribution in [-0.2, 0) is 9.53 Å². The zero-order valence-corrected chi connectivity index (χ0v) is 34.1. The number of nitrogens with one attached hydrogen (secondary N) is 1. The lowest BCUT2D eigenvalue weighted by Gasteiger charge is -2.30. The Kier molecular flexibility index (Phi) is 34.1. The Morgan fingerprint density at radius 1 is 0.510 bits per heavy atom. The fraction of sp³-hybridized carbons (Fsp3) is 0.978. The zero-order chi connectivity index (χ0) is 35.4. The van der Waals surface area contributed by atoms with Gasteiger partial charge in [0.2, 0.25) is 5.78 Å². The van der Waals surface area contributed by atoms with Gasteiger partial charge in [0.1, 0.15) is 6.54 Å². The average Bonchev–Trinajstić information content (AvgIpc) is 3.23. The summed E-state index contributed by atoms with van der Waals surface area (Å²) in [7, 11) is 4.41. The monoisotopic (exact) mass is 692 g/mol. The topological polar surface area (TPSA) is 38.3 Å². The van der Waals surface area contributed by atoms with Crippen molar-refractivity contribution >= 4 is 5.78 Å². The van der Waals surface area contributed by atoms with Crippen molar-refractivity contribution in [3.05, 3.63) is 0 Å². The van der Waals surface area contributed by atoms with Crippen molar-refractivity contribution in [2.75, 3.05) is 46.9 Å². The Balaban J connectivity index is 1.74. The minimum Gasteiger partial charge on any atom is -0.381 e. The van der Waals surface area contributed by atoms with Gasteiger partial charge >= 0.3 is 0 Å². The van der Waals surface area contributed by atoms with Crippen LogP contribution in [0, 0.1) is 0 Å². The highest BCUT2D eigenvalue weighted by Gasteiger charge is 2.26. The normalized spacial score (nSPS) is 16.0. The van der Waals surface area contributed by atoms with Gasteiger partial charge in [0.15, 0.2) is 0 Å². The number of Topliss-reactive ketones (excluding diaryl/α,β-unsaturated/α-hetero) is 1. The van der Waals surface area contributed by atoms with Gasteiger partial charge < -0.3 is 14.5 Å². The summed E-state index contributed by atoms with van der Waals surface area (Å²) in [5.74, 6) is 0.406. The molecule has 1 heterocycles. The van der Waals surface area contributed by atoms with Crippen LogP contribution in [0.2, 0.25) is 0 Å². The third-order valence-corrected chi connectivity index (χ3v) is 11.2. The highest BCUT2D eigenvalue weighted by molar-refractivity contribution is 5.85. The van der Waals surface area contributed by atoms with Crippen molar-refractivity contribution in [1.82, 2.24) is 5.32 Å². The Bertz CT molecular complexity index is 671. The summed E-state index contributed by atoms with van der Waals surface area (Å²) >= 11 is 0. The molecule has 0 aliphatic carbocycles. The van der Waals surface area contributed by atoms with Crippen molar-refractivity contribution in [3.8, 4) is 0 Å². The molecule has 0 aromatic rings. The maximum atomic E-state index is 13.0. The van der Waals surface area contributed by atoms with Crippen LogP contribution in [0.1, 0.15) is 232 Å². The van der Waals surface area contributed by atoms with E-state index in [1.807, 2.05) is 0 Å². The number of quaternary nitrogens is 1. The minimum absolute atomic E-state index is 0.0694. The van der Waals surface area contributed by atoms with Crippen LogP contribution in [0.3, 0.4) is 0 Å². The van der Waals surface area contributed by atoms with Crippen LogP contribution in [0.5, 0.6) is 0 Å². The summed E-state index contributed by atoms with van der Waals surface area (Å²) in [5.41, 5.74) is 0. The summed E-state index contributed by atoms with van der Waals surface area (Å²) in [6.07, 6.45) is 48.7. The van der Waals surface area contributed by atoms with Gasteiger partial charge in [-0.05, 0) is 25.8 Å². The molecule has 4 nitrogen and oxygen atoms in total. The number of rotatable bonds is 36. The van der Waals surface area contributed by atoms with Crippen LogP contribution >= 0.6 is 0 Å². The smallest absolute Gasteiger partial charge is 0.203 e. The molecule has 1 aliphatic heterocycles. The lowest BCUT2D eigenvalue weighted by molar-refractivity contribution is -0.882. The van der Waals surface area contributed by atoms with E-state index in [1.54, 1.807) is 0 Å². The molecule has 0 bridgehead atoms. The molecule has 0 saturated carbocycles. The molecule has 1 aliphatic rings. The number of likely N-dealkylation sites (N-methyl/N-ethyl adjacent to an activating group) is 1. The molecule has 1 saturated heterocycles. The minimum atomic E-state index is 0.0694. The van der Waals surface area contributed by atoms with E-state index in [1.165, 1.54) is 212 Å². The number of hydrogen-bond donors (Lipinski definition) is 1. The molecule has 0 aromatic heterocycles. The molecule has 0 spiro atoms. The van der Waals surface area contributed by atoms with Crippen molar-refractivity contribution in [3.63, 3.8) is 0 Å². The van der Waals surface area contributed by atoms with Crippen molar-refractivity contribution < 1.29 is 14.0 Å². The average molecular weight is 692 g/mol. The van der Waals surface area contributed by atoms with Gasteiger partial charge in [0.05, 0.1) is 33.3 Å². The largest absolute Gasteiger partial charge is 0.381 e. The SMILES string of the molecule is CCCCCCCCCCCCCCCCCCCCCCCCCCCCCCOCCC[N+](C)(C)CC(=O)C1CCCCCCCN1. The van der Waals surface area contributed by atoms with Crippen LogP contribution < -0.4 is 5.32 Å². The highest BCUT2D eigenvalue weighted by Crippen LogP contribution is 2.17. The van der Waals surface area contributed by atoms with Crippen LogP contribution in [-0.4, -0.2) is 63.3 Å². The van der Waals surface area contributed by atoms with Gasteiger partial charge in [0.25, 0.3) is 0 Å². The summed E-state index contributed by atoms with van der Waals surface area (Å²) < 4.78 is 6.72. The number of carbonyl (C=O) groups is 1. The summed E-state index contributed by atoms with van der Waals surface area (Å²) in [6, 6.07) is 0.0694. The van der Waals surface area contributed by atoms with Gasteiger partial charge in [0, 0.05) is 13.0 Å². The van der Waals surface area contributed by atoms with E-state index >= 15 is 0 Å². The third-order valence-electron chi connectivity index (χ3n) is 11.2. The standard InChI is InChI=1S/C45H91N2O2/c1-4-5-6-7-8-9-10-11-12-13-14-15-16-17-18-19-20-21-22-23-24-25-26-27-28-29-33-36-41-49-42-37-40-47(2,3)43-45(48)44-38-34-31-30-32-35-39-46-44/h44,46H,4-43H2,1-3H3/q+1. The first-order valence-corrected chi connectivity index (χ1v) is 22.7. The van der Waals surface area contributed by atoms with Crippen LogP contribution in [0.4, 0.5) is 0 Å². The van der Waals surface area contributed by atoms with Crippen molar-refractivity contribution in [1.29, 1.82) is 0 Å². The molecule has 1 atom stereocenters. The zero-order valence-electron chi connectivity index (χ0n) is 34.1. The molecule has 0 aromatic carbocycles. The van der Waals surface area contributed by atoms with Gasteiger partial charge in [-0.15, -0.1) is 0 Å². The number of unbranched alkanes of at least 4 members (excludes halogenated alkanes) is 27. The number of ketones is 1. The molecule has 1 fully saturated rings. The van der Waals surface area contributed by atoms with E-state index in [0.717, 1.165) is 43.6 Å². The van der Waals surface area contributed by atoms with E-state index in [0.29, 0.717) is 12.3 Å². The summed E-state index contributed by atoms with van der Waals surface area (Å²) in [4.78, 5) is 13.0. The molecule has 1 rings (SSSR count). The fourth-order valence-corrected chi connectivity index (χ4v) is 7.84. The maximum Gasteiger partial charge on any atom is 0.203 e. The molecular weight excluding hydrogens is 601 g/mol.